The second-order valence-corrected chi connectivity index (χ2v) is 1.02. The molecule has 0 aromatic heterocycles. The average molecular weight is 185 g/mol. The minimum absolute atomic E-state index is 0. The van der Waals surface area contributed by atoms with Crippen molar-refractivity contribution in [3.8, 4) is 0 Å². The Morgan fingerprint density at radius 1 is 1.75 bits per heavy atom. The Kier molecular flexibility index (Phi) is 8.93. The summed E-state index contributed by atoms with van der Waals surface area (Å²) in [7, 11) is 0. The summed E-state index contributed by atoms with van der Waals surface area (Å²) in [5.41, 5.74) is 4.95. The molecule has 0 saturated carbocycles. The zero-order valence-corrected chi connectivity index (χ0v) is 5.97. The van der Waals surface area contributed by atoms with E-state index >= 15 is 0 Å². The Morgan fingerprint density at radius 2 is 2.25 bits per heavy atom. The lowest BCUT2D eigenvalue weighted by molar-refractivity contribution is 0.195. The number of hydrogen-bond acceptors (Lipinski definition) is 2. The minimum atomic E-state index is -1.02. The molecule has 0 fully saturated rings. The smallest absolute Gasteiger partial charge is 0.404 e. The molecule has 8 heavy (non-hydrogen) atoms. The Bertz CT molecular complexity index is 68.3. The van der Waals surface area contributed by atoms with Crippen molar-refractivity contribution in [1.29, 1.82) is 0 Å². The molecular formula is C3H9BrN2O2. The molecule has 0 bridgehead atoms. The third-order valence-corrected chi connectivity index (χ3v) is 0.421. The van der Waals surface area contributed by atoms with Gasteiger partial charge in [0.2, 0.25) is 0 Å². The highest BCUT2D eigenvalue weighted by Crippen LogP contribution is 1.54. The van der Waals surface area contributed by atoms with Crippen molar-refractivity contribution in [3.05, 3.63) is 0 Å². The van der Waals surface area contributed by atoms with Crippen molar-refractivity contribution in [2.75, 3.05) is 13.1 Å². The molecule has 0 heterocycles. The molecule has 0 rings (SSSR count). The highest BCUT2D eigenvalue weighted by molar-refractivity contribution is 8.93. The molecule has 0 saturated heterocycles. The van der Waals surface area contributed by atoms with Gasteiger partial charge in [-0.3, -0.25) is 0 Å². The molecular weight excluding hydrogens is 176 g/mol. The fourth-order valence-electron chi connectivity index (χ4n) is 0.179. The summed E-state index contributed by atoms with van der Waals surface area (Å²) in [6.07, 6.45) is -1.02. The number of hydrogen-bond donors (Lipinski definition) is 3. The maximum atomic E-state index is 9.59. The summed E-state index contributed by atoms with van der Waals surface area (Å²) in [6, 6.07) is 0. The number of halogens is 1. The second-order valence-electron chi connectivity index (χ2n) is 1.02. The Morgan fingerprint density at radius 3 is 2.38 bits per heavy atom. The number of carboxylic acid groups (broad SMARTS) is 1. The summed E-state index contributed by atoms with van der Waals surface area (Å²) in [5, 5.41) is 9.96. The molecule has 5 heteroatoms. The van der Waals surface area contributed by atoms with Crippen LogP contribution in [0.2, 0.25) is 0 Å². The fraction of sp³-hybridized carbons (Fsp3) is 0.667. The van der Waals surface area contributed by atoms with E-state index in [1.54, 1.807) is 0 Å². The standard InChI is InChI=1S/C3H8N2O2.BrH/c4-1-2-5-3(6)7;/h5H,1-2,4H2,(H,6,7);1H. The maximum Gasteiger partial charge on any atom is 0.404 e. The third-order valence-electron chi connectivity index (χ3n) is 0.421. The van der Waals surface area contributed by atoms with Crippen molar-refractivity contribution in [2.24, 2.45) is 5.73 Å². The Hall–Kier alpha value is -0.290. The van der Waals surface area contributed by atoms with Crippen LogP contribution in [0.5, 0.6) is 0 Å². The van der Waals surface area contributed by atoms with E-state index in [9.17, 15) is 4.79 Å². The Balaban J connectivity index is 0. The second kappa shape index (κ2) is 6.71. The molecule has 0 aliphatic rings. The largest absolute Gasteiger partial charge is 0.465 e. The minimum Gasteiger partial charge on any atom is -0.465 e. The molecule has 0 spiro atoms. The van der Waals surface area contributed by atoms with Gasteiger partial charge in [-0.05, 0) is 0 Å². The highest BCUT2D eigenvalue weighted by Gasteiger charge is 1.86. The summed E-state index contributed by atoms with van der Waals surface area (Å²) < 4.78 is 0. The van der Waals surface area contributed by atoms with Crippen molar-refractivity contribution >= 4 is 23.1 Å². The van der Waals surface area contributed by atoms with E-state index in [1.165, 1.54) is 0 Å². The average Bonchev–Trinajstić information content (AvgIpc) is 1.61. The lowest BCUT2D eigenvalue weighted by Crippen LogP contribution is -2.27. The van der Waals surface area contributed by atoms with Gasteiger partial charge in [-0.1, -0.05) is 0 Å². The number of carbonyl (C=O) groups is 1. The molecule has 0 aromatic carbocycles. The zero-order chi connectivity index (χ0) is 5.70. The van der Waals surface area contributed by atoms with Crippen LogP contribution in [-0.2, 0) is 0 Å². The van der Waals surface area contributed by atoms with Gasteiger partial charge in [-0.2, -0.15) is 0 Å². The molecule has 0 aliphatic heterocycles. The molecule has 0 aliphatic carbocycles. The van der Waals surface area contributed by atoms with Gasteiger partial charge < -0.3 is 16.2 Å². The Labute approximate surface area is 57.8 Å². The van der Waals surface area contributed by atoms with E-state index in [0.717, 1.165) is 0 Å². The van der Waals surface area contributed by atoms with Gasteiger partial charge in [-0.25, -0.2) is 4.79 Å². The molecule has 0 radical (unpaired) electrons. The van der Waals surface area contributed by atoms with Crippen LogP contribution in [0.15, 0.2) is 0 Å². The molecule has 0 aromatic rings. The van der Waals surface area contributed by atoms with E-state index < -0.39 is 6.09 Å². The first-order valence-electron chi connectivity index (χ1n) is 1.94. The van der Waals surface area contributed by atoms with Crippen LogP contribution in [0.1, 0.15) is 0 Å². The normalized spacial score (nSPS) is 7.12. The number of rotatable bonds is 2. The van der Waals surface area contributed by atoms with Crippen LogP contribution >= 0.6 is 17.0 Å². The summed E-state index contributed by atoms with van der Waals surface area (Å²) >= 11 is 0. The summed E-state index contributed by atoms with van der Waals surface area (Å²) in [6.45, 7) is 0.682. The monoisotopic (exact) mass is 184 g/mol. The van der Waals surface area contributed by atoms with Gasteiger partial charge in [0.1, 0.15) is 0 Å². The van der Waals surface area contributed by atoms with Crippen molar-refractivity contribution in [3.63, 3.8) is 0 Å². The summed E-state index contributed by atoms with van der Waals surface area (Å²) in [4.78, 5) is 9.59. The quantitative estimate of drug-likeness (QED) is 0.557. The SMILES string of the molecule is Br.NCCNC(=O)O. The van der Waals surface area contributed by atoms with Gasteiger partial charge >= 0.3 is 6.09 Å². The molecule has 4 N–H and O–H groups in total. The van der Waals surface area contributed by atoms with Crippen LogP contribution in [0.4, 0.5) is 4.79 Å². The van der Waals surface area contributed by atoms with Gasteiger partial charge in [0.25, 0.3) is 0 Å². The fourth-order valence-corrected chi connectivity index (χ4v) is 0.179. The number of nitrogens with two attached hydrogens (primary N) is 1. The number of nitrogens with one attached hydrogen (secondary N) is 1. The van der Waals surface area contributed by atoms with Crippen LogP contribution in [0.25, 0.3) is 0 Å². The van der Waals surface area contributed by atoms with Crippen LogP contribution in [0, 0.1) is 0 Å². The van der Waals surface area contributed by atoms with Gasteiger partial charge in [0.05, 0.1) is 0 Å². The van der Waals surface area contributed by atoms with E-state index in [1.807, 2.05) is 0 Å². The van der Waals surface area contributed by atoms with Crippen LogP contribution in [0.3, 0.4) is 0 Å². The number of amides is 1. The van der Waals surface area contributed by atoms with Gasteiger partial charge in [0, 0.05) is 13.1 Å². The van der Waals surface area contributed by atoms with E-state index in [2.05, 4.69) is 5.32 Å². The highest BCUT2D eigenvalue weighted by atomic mass is 79.9. The lowest BCUT2D eigenvalue weighted by atomic mass is 10.7. The zero-order valence-electron chi connectivity index (χ0n) is 4.26. The first-order valence-corrected chi connectivity index (χ1v) is 1.94. The predicted octanol–water partition coefficient (Wildman–Crippen LogP) is -0.209. The first kappa shape index (κ1) is 10.6. The molecule has 4 nitrogen and oxygen atoms in total. The lowest BCUT2D eigenvalue weighted by Gasteiger charge is -1.92. The molecule has 0 unspecified atom stereocenters. The van der Waals surface area contributed by atoms with Crippen molar-refractivity contribution < 1.29 is 9.90 Å². The van der Waals surface area contributed by atoms with Gasteiger partial charge in [-0.15, -0.1) is 17.0 Å². The van der Waals surface area contributed by atoms with E-state index in [0.29, 0.717) is 13.1 Å². The molecule has 50 valence electrons. The van der Waals surface area contributed by atoms with E-state index in [4.69, 9.17) is 10.8 Å². The molecule has 1 amide bonds. The van der Waals surface area contributed by atoms with Crippen LogP contribution < -0.4 is 11.1 Å². The summed E-state index contributed by atoms with van der Waals surface area (Å²) in [5.74, 6) is 0. The third kappa shape index (κ3) is 9.20. The molecule has 0 atom stereocenters. The topological polar surface area (TPSA) is 75.3 Å². The maximum absolute atomic E-state index is 9.59. The van der Waals surface area contributed by atoms with Crippen LogP contribution in [-0.4, -0.2) is 24.3 Å². The predicted molar refractivity (Wildman–Crippen MR) is 35.4 cm³/mol. The van der Waals surface area contributed by atoms with Crippen molar-refractivity contribution in [2.45, 2.75) is 0 Å². The van der Waals surface area contributed by atoms with E-state index in [-0.39, 0.29) is 17.0 Å². The first-order chi connectivity index (χ1) is 3.27. The van der Waals surface area contributed by atoms with Gasteiger partial charge in [0.15, 0.2) is 0 Å². The van der Waals surface area contributed by atoms with Crippen molar-refractivity contribution in [1.82, 2.24) is 5.32 Å².